The molecular weight excluding hydrogens is 282 g/mol. The maximum absolute atomic E-state index is 11.7. The molecule has 2 rings (SSSR count). The Morgan fingerprint density at radius 2 is 1.95 bits per heavy atom. The number of carbonyl (C=O) groups excluding carboxylic acids is 1. The first-order chi connectivity index (χ1) is 10.3. The van der Waals surface area contributed by atoms with E-state index in [2.05, 4.69) is 5.32 Å². The summed E-state index contributed by atoms with van der Waals surface area (Å²) in [6, 6.07) is 10.0. The molecule has 0 radical (unpaired) electrons. The van der Waals surface area contributed by atoms with Gasteiger partial charge in [-0.3, -0.25) is 4.79 Å². The highest BCUT2D eigenvalue weighted by Gasteiger charge is 2.13. The minimum absolute atomic E-state index is 0.0986. The van der Waals surface area contributed by atoms with Gasteiger partial charge in [-0.2, -0.15) is 0 Å². The summed E-state index contributed by atoms with van der Waals surface area (Å²) < 4.78 is 5.84. The highest BCUT2D eigenvalue weighted by Crippen LogP contribution is 2.20. The highest BCUT2D eigenvalue weighted by atomic mass is 32.2. The quantitative estimate of drug-likeness (QED) is 0.589. The van der Waals surface area contributed by atoms with E-state index < -0.39 is 0 Å². The maximum Gasteiger partial charge on any atom is 0.230 e. The van der Waals surface area contributed by atoms with Gasteiger partial charge in [-0.15, -0.1) is 11.8 Å². The van der Waals surface area contributed by atoms with Gasteiger partial charge >= 0.3 is 0 Å². The minimum atomic E-state index is 0.0986. The number of rotatable bonds is 8. The molecule has 0 saturated heterocycles. The topological polar surface area (TPSA) is 38.3 Å². The lowest BCUT2D eigenvalue weighted by Crippen LogP contribution is -2.27. The summed E-state index contributed by atoms with van der Waals surface area (Å²) in [5, 5.41) is 2.95. The first kappa shape index (κ1) is 16.4. The van der Waals surface area contributed by atoms with Crippen molar-refractivity contribution in [2.45, 2.75) is 49.5 Å². The summed E-state index contributed by atoms with van der Waals surface area (Å²) in [5.74, 6) is 0.578. The molecule has 0 atom stereocenters. The van der Waals surface area contributed by atoms with Crippen molar-refractivity contribution in [3.8, 4) is 0 Å². The fourth-order valence-electron chi connectivity index (χ4n) is 2.50. The van der Waals surface area contributed by atoms with Gasteiger partial charge < -0.3 is 10.1 Å². The molecule has 1 amide bonds. The summed E-state index contributed by atoms with van der Waals surface area (Å²) in [7, 11) is 0. The van der Waals surface area contributed by atoms with Crippen molar-refractivity contribution in [1.82, 2.24) is 5.32 Å². The van der Waals surface area contributed by atoms with Gasteiger partial charge in [-0.1, -0.05) is 37.5 Å². The zero-order valence-electron chi connectivity index (χ0n) is 12.6. The van der Waals surface area contributed by atoms with E-state index in [0.717, 1.165) is 17.9 Å². The molecule has 1 fully saturated rings. The molecule has 0 bridgehead atoms. The van der Waals surface area contributed by atoms with Crippen molar-refractivity contribution in [3.63, 3.8) is 0 Å². The summed E-state index contributed by atoms with van der Waals surface area (Å²) in [6.45, 7) is 1.47. The average Bonchev–Trinajstić information content (AvgIpc) is 2.54. The average molecular weight is 307 g/mol. The Kier molecular flexibility index (Phi) is 7.68. The largest absolute Gasteiger partial charge is 0.378 e. The van der Waals surface area contributed by atoms with Crippen LogP contribution in [0.4, 0.5) is 0 Å². The molecule has 3 nitrogen and oxygen atoms in total. The number of hydrogen-bond donors (Lipinski definition) is 1. The van der Waals surface area contributed by atoms with Crippen LogP contribution in [0.1, 0.15) is 38.5 Å². The number of carbonyl (C=O) groups is 1. The van der Waals surface area contributed by atoms with E-state index in [-0.39, 0.29) is 5.91 Å². The van der Waals surface area contributed by atoms with E-state index in [1.807, 2.05) is 30.3 Å². The monoisotopic (exact) mass is 307 g/mol. The molecule has 1 saturated carbocycles. The van der Waals surface area contributed by atoms with Gasteiger partial charge in [0, 0.05) is 18.0 Å². The third-order valence-corrected chi connectivity index (χ3v) is 4.67. The lowest BCUT2D eigenvalue weighted by atomic mass is 9.98. The molecule has 116 valence electrons. The van der Waals surface area contributed by atoms with E-state index in [0.29, 0.717) is 18.4 Å². The zero-order chi connectivity index (χ0) is 14.8. The van der Waals surface area contributed by atoms with Gasteiger partial charge in [0.05, 0.1) is 11.9 Å². The predicted molar refractivity (Wildman–Crippen MR) is 87.6 cm³/mol. The summed E-state index contributed by atoms with van der Waals surface area (Å²) in [4.78, 5) is 12.8. The number of hydrogen-bond acceptors (Lipinski definition) is 3. The first-order valence-electron chi connectivity index (χ1n) is 7.91. The van der Waals surface area contributed by atoms with Crippen LogP contribution in [0.5, 0.6) is 0 Å². The van der Waals surface area contributed by atoms with Crippen LogP contribution in [0.25, 0.3) is 0 Å². The number of ether oxygens (including phenoxy) is 1. The third kappa shape index (κ3) is 7.00. The van der Waals surface area contributed by atoms with Crippen molar-refractivity contribution in [2.24, 2.45) is 0 Å². The Bertz CT molecular complexity index is 405. The fraction of sp³-hybridized carbons (Fsp3) is 0.588. The smallest absolute Gasteiger partial charge is 0.230 e. The van der Waals surface area contributed by atoms with Gasteiger partial charge in [0.2, 0.25) is 5.91 Å². The molecule has 4 heteroatoms. The van der Waals surface area contributed by atoms with Crippen LogP contribution in [0.2, 0.25) is 0 Å². The molecule has 0 heterocycles. The maximum atomic E-state index is 11.7. The first-order valence-corrected chi connectivity index (χ1v) is 8.89. The van der Waals surface area contributed by atoms with Gasteiger partial charge in [-0.05, 0) is 31.4 Å². The summed E-state index contributed by atoms with van der Waals surface area (Å²) in [6.07, 6.45) is 7.74. The molecule has 1 aromatic rings. The van der Waals surface area contributed by atoms with Crippen molar-refractivity contribution in [3.05, 3.63) is 30.3 Å². The lowest BCUT2D eigenvalue weighted by molar-refractivity contribution is -0.118. The van der Waals surface area contributed by atoms with E-state index >= 15 is 0 Å². The van der Waals surface area contributed by atoms with Crippen molar-refractivity contribution in [1.29, 1.82) is 0 Å². The van der Waals surface area contributed by atoms with Crippen LogP contribution in [-0.4, -0.2) is 30.9 Å². The van der Waals surface area contributed by atoms with Crippen LogP contribution in [0.15, 0.2) is 35.2 Å². The molecule has 0 unspecified atom stereocenters. The van der Waals surface area contributed by atoms with Gasteiger partial charge in [0.1, 0.15) is 0 Å². The number of benzene rings is 1. The van der Waals surface area contributed by atoms with Crippen molar-refractivity contribution >= 4 is 17.7 Å². The standard InChI is InChI=1S/C17H25NO2S/c19-17(14-21-16-10-5-2-6-11-16)18-12-7-13-20-15-8-3-1-4-9-15/h2,5-6,10-11,15H,1,3-4,7-9,12-14H2,(H,18,19). The lowest BCUT2D eigenvalue weighted by Gasteiger charge is -2.21. The molecule has 0 aromatic heterocycles. The van der Waals surface area contributed by atoms with Gasteiger partial charge in [0.25, 0.3) is 0 Å². The zero-order valence-corrected chi connectivity index (χ0v) is 13.4. The Hall–Kier alpha value is -1.00. The molecule has 1 aliphatic rings. The van der Waals surface area contributed by atoms with Crippen LogP contribution in [0, 0.1) is 0 Å². The molecule has 1 aliphatic carbocycles. The van der Waals surface area contributed by atoms with Crippen LogP contribution >= 0.6 is 11.8 Å². The molecule has 1 N–H and O–H groups in total. The fourth-order valence-corrected chi connectivity index (χ4v) is 3.25. The Balaban J connectivity index is 1.47. The number of amides is 1. The number of thioether (sulfide) groups is 1. The minimum Gasteiger partial charge on any atom is -0.378 e. The van der Waals surface area contributed by atoms with Gasteiger partial charge in [0.15, 0.2) is 0 Å². The van der Waals surface area contributed by atoms with E-state index in [9.17, 15) is 4.79 Å². The van der Waals surface area contributed by atoms with Crippen LogP contribution in [0.3, 0.4) is 0 Å². The summed E-state index contributed by atoms with van der Waals surface area (Å²) in [5.41, 5.74) is 0. The highest BCUT2D eigenvalue weighted by molar-refractivity contribution is 8.00. The molecule has 21 heavy (non-hydrogen) atoms. The Morgan fingerprint density at radius 3 is 2.71 bits per heavy atom. The second-order valence-corrected chi connectivity index (χ2v) is 6.48. The molecule has 0 spiro atoms. The van der Waals surface area contributed by atoms with Crippen molar-refractivity contribution < 1.29 is 9.53 Å². The SMILES string of the molecule is O=C(CSc1ccccc1)NCCCOC1CCCCC1. The third-order valence-electron chi connectivity index (χ3n) is 3.66. The normalized spacial score (nSPS) is 15.8. The Labute approximate surface area is 131 Å². The molecular formula is C17H25NO2S. The summed E-state index contributed by atoms with van der Waals surface area (Å²) >= 11 is 1.57. The molecule has 0 aliphatic heterocycles. The van der Waals surface area contributed by atoms with E-state index in [1.54, 1.807) is 11.8 Å². The van der Waals surface area contributed by atoms with Crippen LogP contribution < -0.4 is 5.32 Å². The van der Waals surface area contributed by atoms with E-state index in [4.69, 9.17) is 4.74 Å². The van der Waals surface area contributed by atoms with E-state index in [1.165, 1.54) is 32.1 Å². The van der Waals surface area contributed by atoms with Gasteiger partial charge in [-0.25, -0.2) is 0 Å². The van der Waals surface area contributed by atoms with Crippen LogP contribution in [-0.2, 0) is 9.53 Å². The predicted octanol–water partition coefficient (Wildman–Crippen LogP) is 3.63. The second kappa shape index (κ2) is 9.85. The Morgan fingerprint density at radius 1 is 1.19 bits per heavy atom. The second-order valence-electron chi connectivity index (χ2n) is 5.44. The molecule has 1 aromatic carbocycles. The number of nitrogens with one attached hydrogen (secondary N) is 1. The van der Waals surface area contributed by atoms with Crippen molar-refractivity contribution in [2.75, 3.05) is 18.9 Å².